The van der Waals surface area contributed by atoms with Gasteiger partial charge in [0, 0.05) is 6.54 Å². The quantitative estimate of drug-likeness (QED) is 0.840. The molecule has 0 aliphatic carbocycles. The lowest BCUT2D eigenvalue weighted by atomic mass is 10.3. The second kappa shape index (κ2) is 6.10. The first-order valence-electron chi connectivity index (χ1n) is 4.79. The van der Waals surface area contributed by atoms with Crippen LogP contribution < -0.4 is 0 Å². The van der Waals surface area contributed by atoms with E-state index in [1.54, 1.807) is 0 Å². The number of aliphatic carboxylic acids is 1. The van der Waals surface area contributed by atoms with E-state index in [1.807, 2.05) is 23.3 Å². The van der Waals surface area contributed by atoms with Crippen LogP contribution in [0.2, 0.25) is 4.34 Å². The second-order valence-corrected chi connectivity index (χ2v) is 4.84. The summed E-state index contributed by atoms with van der Waals surface area (Å²) in [6.07, 6.45) is 0.940. The molecular formula is C10H14ClNO2S. The zero-order valence-corrected chi connectivity index (χ0v) is 10.1. The molecule has 0 unspecified atom stereocenters. The fourth-order valence-electron chi connectivity index (χ4n) is 1.39. The molecule has 0 atom stereocenters. The molecule has 15 heavy (non-hydrogen) atoms. The van der Waals surface area contributed by atoms with Gasteiger partial charge in [0.05, 0.1) is 10.9 Å². The minimum Gasteiger partial charge on any atom is -0.480 e. The highest BCUT2D eigenvalue weighted by molar-refractivity contribution is 7.14. The van der Waals surface area contributed by atoms with Crippen LogP contribution in [0.1, 0.15) is 18.9 Å². The van der Waals surface area contributed by atoms with Crippen LogP contribution in [0.5, 0.6) is 0 Å². The lowest BCUT2D eigenvalue weighted by molar-refractivity contribution is -0.138. The summed E-state index contributed by atoms with van der Waals surface area (Å²) in [5, 5.41) is 10.7. The van der Waals surface area contributed by atoms with E-state index >= 15 is 0 Å². The number of nitrogens with zero attached hydrogens (tertiary/aromatic N) is 1. The molecule has 0 amide bonds. The molecule has 5 heteroatoms. The van der Waals surface area contributed by atoms with E-state index in [0.717, 1.165) is 22.9 Å². The van der Waals surface area contributed by atoms with Gasteiger partial charge in [0.1, 0.15) is 0 Å². The third-order valence-corrected chi connectivity index (χ3v) is 3.24. The van der Waals surface area contributed by atoms with Crippen molar-refractivity contribution in [2.45, 2.75) is 19.9 Å². The Kier molecular flexibility index (Phi) is 5.08. The molecule has 0 radical (unpaired) electrons. The highest BCUT2D eigenvalue weighted by atomic mass is 35.5. The smallest absolute Gasteiger partial charge is 0.317 e. The number of carbonyl (C=O) groups is 1. The fourth-order valence-corrected chi connectivity index (χ4v) is 2.31. The van der Waals surface area contributed by atoms with Crippen molar-refractivity contribution in [3.8, 4) is 0 Å². The minimum atomic E-state index is -0.796. The fraction of sp³-hybridized carbons (Fsp3) is 0.500. The maximum atomic E-state index is 10.6. The normalized spacial score (nSPS) is 10.9. The summed E-state index contributed by atoms with van der Waals surface area (Å²) < 4.78 is 0.751. The van der Waals surface area contributed by atoms with Gasteiger partial charge in [0.2, 0.25) is 0 Å². The van der Waals surface area contributed by atoms with Gasteiger partial charge in [0.25, 0.3) is 0 Å². The second-order valence-electron chi connectivity index (χ2n) is 3.32. The molecule has 0 saturated heterocycles. The Hall–Kier alpha value is -0.580. The highest BCUT2D eigenvalue weighted by Gasteiger charge is 2.11. The van der Waals surface area contributed by atoms with Gasteiger partial charge in [-0.15, -0.1) is 11.3 Å². The molecule has 1 rings (SSSR count). The van der Waals surface area contributed by atoms with E-state index in [0.29, 0.717) is 6.54 Å². The number of thiophene rings is 1. The van der Waals surface area contributed by atoms with Gasteiger partial charge in [-0.2, -0.15) is 0 Å². The van der Waals surface area contributed by atoms with Crippen molar-refractivity contribution < 1.29 is 9.90 Å². The molecule has 0 fully saturated rings. The number of carboxylic acid groups (broad SMARTS) is 1. The average molecular weight is 248 g/mol. The van der Waals surface area contributed by atoms with Crippen LogP contribution in [0.3, 0.4) is 0 Å². The van der Waals surface area contributed by atoms with E-state index in [2.05, 4.69) is 0 Å². The molecule has 0 aromatic carbocycles. The van der Waals surface area contributed by atoms with Crippen molar-refractivity contribution in [2.75, 3.05) is 13.1 Å². The Balaban J connectivity index is 2.58. The van der Waals surface area contributed by atoms with Crippen LogP contribution in [0, 0.1) is 0 Å². The summed E-state index contributed by atoms with van der Waals surface area (Å²) in [5.41, 5.74) is 1.01. The molecule has 0 saturated carbocycles. The Morgan fingerprint density at radius 1 is 1.67 bits per heavy atom. The Morgan fingerprint density at radius 2 is 2.40 bits per heavy atom. The monoisotopic (exact) mass is 247 g/mol. The summed E-state index contributed by atoms with van der Waals surface area (Å²) in [7, 11) is 0. The topological polar surface area (TPSA) is 40.5 Å². The molecule has 1 N–H and O–H groups in total. The molecule has 84 valence electrons. The summed E-state index contributed by atoms with van der Waals surface area (Å²) in [6, 6.07) is 1.94. The first-order valence-corrected chi connectivity index (χ1v) is 6.05. The molecule has 1 aromatic rings. The first-order chi connectivity index (χ1) is 7.13. The number of hydrogen-bond donors (Lipinski definition) is 1. The Bertz CT molecular complexity index is 327. The molecule has 0 spiro atoms. The van der Waals surface area contributed by atoms with Crippen molar-refractivity contribution in [3.05, 3.63) is 21.3 Å². The van der Waals surface area contributed by atoms with E-state index < -0.39 is 5.97 Å². The number of halogens is 1. The van der Waals surface area contributed by atoms with Crippen LogP contribution >= 0.6 is 22.9 Å². The van der Waals surface area contributed by atoms with Gasteiger partial charge in [-0.25, -0.2) is 0 Å². The van der Waals surface area contributed by atoms with Gasteiger partial charge >= 0.3 is 5.97 Å². The molecule has 1 heterocycles. The van der Waals surface area contributed by atoms with Crippen LogP contribution in [-0.2, 0) is 11.3 Å². The summed E-state index contributed by atoms with van der Waals surface area (Å²) >= 11 is 7.44. The van der Waals surface area contributed by atoms with E-state index in [4.69, 9.17) is 16.7 Å². The predicted octanol–water partition coefficient (Wildman–Crippen LogP) is 2.70. The van der Waals surface area contributed by atoms with Crippen molar-refractivity contribution in [1.29, 1.82) is 0 Å². The largest absolute Gasteiger partial charge is 0.480 e. The van der Waals surface area contributed by atoms with Gasteiger partial charge in [0.15, 0.2) is 0 Å². The summed E-state index contributed by atoms with van der Waals surface area (Å²) in [6.45, 7) is 3.49. The maximum Gasteiger partial charge on any atom is 0.317 e. The third-order valence-electron chi connectivity index (χ3n) is 1.99. The molecule has 1 aromatic heterocycles. The van der Waals surface area contributed by atoms with Crippen molar-refractivity contribution >= 4 is 28.9 Å². The van der Waals surface area contributed by atoms with E-state index in [-0.39, 0.29) is 6.54 Å². The maximum absolute atomic E-state index is 10.6. The molecule has 0 aliphatic rings. The zero-order valence-electron chi connectivity index (χ0n) is 8.57. The van der Waals surface area contributed by atoms with Gasteiger partial charge < -0.3 is 5.11 Å². The van der Waals surface area contributed by atoms with Crippen molar-refractivity contribution in [1.82, 2.24) is 4.90 Å². The zero-order chi connectivity index (χ0) is 11.3. The number of rotatable bonds is 6. The summed E-state index contributed by atoms with van der Waals surface area (Å²) in [4.78, 5) is 12.5. The average Bonchev–Trinajstić information content (AvgIpc) is 2.51. The first kappa shape index (κ1) is 12.5. The Morgan fingerprint density at radius 3 is 2.87 bits per heavy atom. The van der Waals surface area contributed by atoms with E-state index in [1.165, 1.54) is 11.3 Å². The minimum absolute atomic E-state index is 0.0695. The van der Waals surface area contributed by atoms with Crippen molar-refractivity contribution in [3.63, 3.8) is 0 Å². The van der Waals surface area contributed by atoms with Crippen LogP contribution in [0.4, 0.5) is 0 Å². The molecule has 0 aliphatic heterocycles. The lowest BCUT2D eigenvalue weighted by Gasteiger charge is -2.18. The lowest BCUT2D eigenvalue weighted by Crippen LogP contribution is -2.29. The Labute approximate surface area is 98.3 Å². The molecule has 0 bridgehead atoms. The molecule has 3 nitrogen and oxygen atoms in total. The standard InChI is InChI=1S/C10H14ClNO2S/c1-2-4-12(7-9(13)14)6-8-3-5-15-10(8)11/h3,5H,2,4,6-7H2,1H3,(H,13,14). The third kappa shape index (κ3) is 4.20. The van der Waals surface area contributed by atoms with Crippen LogP contribution in [0.25, 0.3) is 0 Å². The van der Waals surface area contributed by atoms with Gasteiger partial charge in [-0.05, 0) is 30.0 Å². The van der Waals surface area contributed by atoms with Crippen molar-refractivity contribution in [2.24, 2.45) is 0 Å². The predicted molar refractivity (Wildman–Crippen MR) is 62.5 cm³/mol. The van der Waals surface area contributed by atoms with Crippen LogP contribution in [0.15, 0.2) is 11.4 Å². The SMILES string of the molecule is CCCN(CC(=O)O)Cc1ccsc1Cl. The van der Waals surface area contributed by atoms with Crippen LogP contribution in [-0.4, -0.2) is 29.1 Å². The number of carboxylic acids is 1. The van der Waals surface area contributed by atoms with Gasteiger partial charge in [-0.1, -0.05) is 18.5 Å². The van der Waals surface area contributed by atoms with Gasteiger partial charge in [-0.3, -0.25) is 9.69 Å². The molecular weight excluding hydrogens is 234 g/mol. The number of hydrogen-bond acceptors (Lipinski definition) is 3. The summed E-state index contributed by atoms with van der Waals surface area (Å²) in [5.74, 6) is -0.796. The highest BCUT2D eigenvalue weighted by Crippen LogP contribution is 2.23. The van der Waals surface area contributed by atoms with E-state index in [9.17, 15) is 4.79 Å².